The molecule has 1 amide bonds. The van der Waals surface area contributed by atoms with Crippen molar-refractivity contribution in [1.29, 1.82) is 0 Å². The van der Waals surface area contributed by atoms with Crippen LogP contribution in [0.15, 0.2) is 48.5 Å². The van der Waals surface area contributed by atoms with Gasteiger partial charge in [0.25, 0.3) is 5.91 Å². The van der Waals surface area contributed by atoms with Gasteiger partial charge in [0.2, 0.25) is 0 Å². The van der Waals surface area contributed by atoms with Crippen molar-refractivity contribution >= 4 is 29.1 Å². The fourth-order valence-corrected chi connectivity index (χ4v) is 4.67. The van der Waals surface area contributed by atoms with Crippen molar-refractivity contribution in [3.05, 3.63) is 70.0 Å². The van der Waals surface area contributed by atoms with Crippen molar-refractivity contribution in [1.82, 2.24) is 14.9 Å². The second-order valence-corrected chi connectivity index (χ2v) is 9.39. The Morgan fingerprint density at radius 1 is 1.09 bits per heavy atom. The molecule has 4 rings (SSSR count). The van der Waals surface area contributed by atoms with Crippen molar-refractivity contribution in [2.75, 3.05) is 0 Å². The number of aliphatic hydroxyl groups is 1. The van der Waals surface area contributed by atoms with E-state index in [2.05, 4.69) is 5.32 Å². The highest BCUT2D eigenvalue weighted by Gasteiger charge is 2.30. The molecule has 2 unspecified atom stereocenters. The largest absolute Gasteiger partial charge is 0.391 e. The number of aromatic nitrogens is 2. The summed E-state index contributed by atoms with van der Waals surface area (Å²) < 4.78 is 1.98. The van der Waals surface area contributed by atoms with Gasteiger partial charge >= 0.3 is 0 Å². The molecule has 32 heavy (non-hydrogen) atoms. The van der Waals surface area contributed by atoms with Gasteiger partial charge in [0, 0.05) is 16.3 Å². The number of benzene rings is 2. The SMILES string of the molecule is CC(C)c1c(C(=O)NC2CCCCC2O)nc(-c2ccccc2Cl)n1-c1ccc(Cl)cc1. The minimum Gasteiger partial charge on any atom is -0.391 e. The number of carbonyl (C=O) groups is 1. The van der Waals surface area contributed by atoms with Gasteiger partial charge in [-0.05, 0) is 55.2 Å². The van der Waals surface area contributed by atoms with Gasteiger partial charge in [-0.15, -0.1) is 0 Å². The van der Waals surface area contributed by atoms with Crippen molar-refractivity contribution in [3.63, 3.8) is 0 Å². The number of halogens is 2. The van der Waals surface area contributed by atoms with E-state index in [4.69, 9.17) is 28.2 Å². The van der Waals surface area contributed by atoms with E-state index in [1.54, 1.807) is 0 Å². The summed E-state index contributed by atoms with van der Waals surface area (Å²) in [4.78, 5) is 18.2. The number of hydrogen-bond donors (Lipinski definition) is 2. The molecule has 1 aliphatic carbocycles. The highest BCUT2D eigenvalue weighted by Crippen LogP contribution is 2.35. The zero-order chi connectivity index (χ0) is 22.8. The quantitative estimate of drug-likeness (QED) is 0.479. The van der Waals surface area contributed by atoms with Crippen LogP contribution in [0.25, 0.3) is 17.1 Å². The molecule has 1 fully saturated rings. The number of aliphatic hydroxyl groups excluding tert-OH is 1. The molecule has 0 bridgehead atoms. The predicted octanol–water partition coefficient (Wildman–Crippen LogP) is 6.00. The van der Waals surface area contributed by atoms with E-state index in [-0.39, 0.29) is 17.9 Å². The summed E-state index contributed by atoms with van der Waals surface area (Å²) in [6.45, 7) is 4.07. The van der Waals surface area contributed by atoms with Crippen molar-refractivity contribution < 1.29 is 9.90 Å². The number of nitrogens with one attached hydrogen (secondary N) is 1. The lowest BCUT2D eigenvalue weighted by atomic mass is 9.92. The average molecular weight is 472 g/mol. The molecule has 168 valence electrons. The fourth-order valence-electron chi connectivity index (χ4n) is 4.32. The van der Waals surface area contributed by atoms with Gasteiger partial charge in [-0.2, -0.15) is 0 Å². The molecule has 7 heteroatoms. The van der Waals surface area contributed by atoms with Gasteiger partial charge in [-0.1, -0.05) is 62.0 Å². The maximum Gasteiger partial charge on any atom is 0.272 e. The molecule has 1 aliphatic rings. The van der Waals surface area contributed by atoms with Crippen molar-refractivity contribution in [2.45, 2.75) is 57.6 Å². The molecule has 0 aliphatic heterocycles. The van der Waals surface area contributed by atoms with Gasteiger partial charge < -0.3 is 10.4 Å². The first-order valence-corrected chi connectivity index (χ1v) is 11.7. The Kier molecular flexibility index (Phi) is 6.89. The lowest BCUT2D eigenvalue weighted by Gasteiger charge is -2.28. The summed E-state index contributed by atoms with van der Waals surface area (Å²) >= 11 is 12.7. The molecule has 0 radical (unpaired) electrons. The Bertz CT molecular complexity index is 1110. The Morgan fingerprint density at radius 2 is 1.78 bits per heavy atom. The summed E-state index contributed by atoms with van der Waals surface area (Å²) in [5.41, 5.74) is 2.72. The first-order valence-electron chi connectivity index (χ1n) is 11.0. The van der Waals surface area contributed by atoms with E-state index in [9.17, 15) is 9.90 Å². The molecule has 1 saturated carbocycles. The van der Waals surface area contributed by atoms with E-state index in [0.29, 0.717) is 28.0 Å². The summed E-state index contributed by atoms with van der Waals surface area (Å²) in [5, 5.41) is 14.6. The minimum atomic E-state index is -0.531. The molecule has 5 nitrogen and oxygen atoms in total. The van der Waals surface area contributed by atoms with Crippen LogP contribution >= 0.6 is 23.2 Å². The topological polar surface area (TPSA) is 67.2 Å². The van der Waals surface area contributed by atoms with E-state index in [0.717, 1.165) is 36.2 Å². The molecular weight excluding hydrogens is 445 g/mol. The molecule has 3 aromatic rings. The van der Waals surface area contributed by atoms with Crippen LogP contribution in [0.3, 0.4) is 0 Å². The second kappa shape index (κ2) is 9.65. The summed E-state index contributed by atoms with van der Waals surface area (Å²) in [6, 6.07) is 14.6. The highest BCUT2D eigenvalue weighted by molar-refractivity contribution is 6.33. The summed E-state index contributed by atoms with van der Waals surface area (Å²) in [7, 11) is 0. The molecule has 0 spiro atoms. The number of nitrogens with zero attached hydrogens (tertiary/aromatic N) is 2. The minimum absolute atomic E-state index is 0.00597. The van der Waals surface area contributed by atoms with Gasteiger partial charge in [0.1, 0.15) is 5.82 Å². The molecule has 2 atom stereocenters. The van der Waals surface area contributed by atoms with Crippen LogP contribution in [0.5, 0.6) is 0 Å². The van der Waals surface area contributed by atoms with Gasteiger partial charge in [-0.3, -0.25) is 9.36 Å². The third-order valence-corrected chi connectivity index (χ3v) is 6.50. The smallest absolute Gasteiger partial charge is 0.272 e. The number of carbonyl (C=O) groups excluding carboxylic acids is 1. The highest BCUT2D eigenvalue weighted by atomic mass is 35.5. The number of amides is 1. The van der Waals surface area contributed by atoms with Crippen LogP contribution < -0.4 is 5.32 Å². The lowest BCUT2D eigenvalue weighted by molar-refractivity contribution is 0.0713. The number of imidazole rings is 1. The van der Waals surface area contributed by atoms with E-state index >= 15 is 0 Å². The lowest BCUT2D eigenvalue weighted by Crippen LogP contribution is -2.45. The Hall–Kier alpha value is -2.34. The van der Waals surface area contributed by atoms with Crippen LogP contribution in [-0.2, 0) is 0 Å². The van der Waals surface area contributed by atoms with Crippen LogP contribution in [0.4, 0.5) is 0 Å². The average Bonchev–Trinajstić information content (AvgIpc) is 3.17. The van der Waals surface area contributed by atoms with Crippen LogP contribution in [0.1, 0.15) is 61.6 Å². The normalized spacial score (nSPS) is 18.7. The molecule has 1 aromatic heterocycles. The van der Waals surface area contributed by atoms with Crippen LogP contribution in [-0.4, -0.2) is 32.7 Å². The zero-order valence-corrected chi connectivity index (χ0v) is 19.7. The maximum atomic E-state index is 13.4. The van der Waals surface area contributed by atoms with Gasteiger partial charge in [-0.25, -0.2) is 4.98 Å². The summed E-state index contributed by atoms with van der Waals surface area (Å²) in [6.07, 6.45) is 2.90. The number of hydrogen-bond acceptors (Lipinski definition) is 3. The van der Waals surface area contributed by atoms with E-state index in [1.165, 1.54) is 0 Å². The molecule has 2 N–H and O–H groups in total. The third-order valence-electron chi connectivity index (χ3n) is 5.92. The first-order chi connectivity index (χ1) is 15.4. The number of rotatable bonds is 5. The zero-order valence-electron chi connectivity index (χ0n) is 18.2. The van der Waals surface area contributed by atoms with E-state index < -0.39 is 6.10 Å². The maximum absolute atomic E-state index is 13.4. The second-order valence-electron chi connectivity index (χ2n) is 8.55. The van der Waals surface area contributed by atoms with Crippen LogP contribution in [0.2, 0.25) is 10.0 Å². The molecule has 2 aromatic carbocycles. The molecule has 0 saturated heterocycles. The monoisotopic (exact) mass is 471 g/mol. The van der Waals surface area contributed by atoms with Gasteiger partial charge in [0.15, 0.2) is 5.69 Å². The Balaban J connectivity index is 1.87. The Morgan fingerprint density at radius 3 is 2.44 bits per heavy atom. The molecular formula is C25H27Cl2N3O2. The fraction of sp³-hybridized carbons (Fsp3) is 0.360. The summed E-state index contributed by atoms with van der Waals surface area (Å²) in [5.74, 6) is 0.322. The standard InChI is InChI=1S/C25H27Cl2N3O2/c1-15(2)23-22(25(32)28-20-9-5-6-10-21(20)31)29-24(18-7-3-4-8-19(18)27)30(23)17-13-11-16(26)12-14-17/h3-4,7-8,11-15,20-21,31H,5-6,9-10H2,1-2H3,(H,28,32). The molecule has 1 heterocycles. The predicted molar refractivity (Wildman–Crippen MR) is 129 cm³/mol. The third kappa shape index (κ3) is 4.56. The van der Waals surface area contributed by atoms with Crippen molar-refractivity contribution in [2.24, 2.45) is 0 Å². The van der Waals surface area contributed by atoms with Gasteiger partial charge in [0.05, 0.1) is 22.9 Å². The first kappa shape index (κ1) is 22.8. The van der Waals surface area contributed by atoms with Crippen LogP contribution in [0, 0.1) is 0 Å². The van der Waals surface area contributed by atoms with E-state index in [1.807, 2.05) is 66.9 Å². The Labute approximate surface area is 198 Å². The van der Waals surface area contributed by atoms with Crippen molar-refractivity contribution in [3.8, 4) is 17.1 Å².